The van der Waals surface area contributed by atoms with Crippen LogP contribution in [0.4, 0.5) is 0 Å². The summed E-state index contributed by atoms with van der Waals surface area (Å²) < 4.78 is 0. The molecule has 0 fully saturated rings. The molecule has 4 N–H and O–H groups in total. The Bertz CT molecular complexity index is 272. The van der Waals surface area contributed by atoms with Crippen LogP contribution in [0.1, 0.15) is 116 Å². The monoisotopic (exact) mass is 389 g/mol. The number of rotatable bonds is 21. The highest BCUT2D eigenvalue weighted by molar-refractivity contribution is 6.56. The molecule has 0 spiro atoms. The van der Waals surface area contributed by atoms with E-state index in [2.05, 4.69) is 12.2 Å². The van der Waals surface area contributed by atoms with Crippen molar-refractivity contribution < 1.29 is 14.4 Å². The van der Waals surface area contributed by atoms with E-state index in [-0.39, 0.29) is 6.04 Å². The Hall–Kier alpha value is 0.0569. The molecule has 4 nitrogen and oxygen atoms in total. The van der Waals surface area contributed by atoms with Gasteiger partial charge in [-0.25, -0.2) is 0 Å². The van der Waals surface area contributed by atoms with Crippen molar-refractivity contribution in [1.82, 2.24) is 5.32 Å². The molecule has 0 aromatic rings. The lowest BCUT2D eigenvalue weighted by atomic mass is 10.0. The van der Waals surface area contributed by atoms with E-state index in [1.54, 1.807) is 0 Å². The third kappa shape index (κ3) is 24.1. The highest BCUT2D eigenvalue weighted by Gasteiger charge is 2.25. The summed E-state index contributed by atoms with van der Waals surface area (Å²) in [5.41, 5.74) is 0. The van der Waals surface area contributed by atoms with E-state index in [0.29, 0.717) is 6.42 Å². The van der Waals surface area contributed by atoms with Gasteiger partial charge in [-0.05, 0) is 25.9 Å². The van der Waals surface area contributed by atoms with Crippen molar-refractivity contribution in [3.8, 4) is 0 Å². The smallest absolute Gasteiger partial charge is 0.390 e. The molecule has 0 aromatic heterocycles. The molecule has 0 aromatic carbocycles. The first-order chi connectivity index (χ1) is 12.6. The average molecular weight is 390 g/mol. The molecular weight excluding hydrogens is 342 g/mol. The van der Waals surface area contributed by atoms with Gasteiger partial charge < -0.3 is 19.7 Å². The van der Waals surface area contributed by atoms with Crippen LogP contribution >= 0.6 is 0 Å². The number of hydrogen-bond acceptors (Lipinski definition) is 4. The molecule has 0 bridgehead atoms. The number of hydrogen-bond donors (Lipinski definition) is 4. The minimum absolute atomic E-state index is 0.138. The summed E-state index contributed by atoms with van der Waals surface area (Å²) in [6.45, 7) is 4.03. The summed E-state index contributed by atoms with van der Waals surface area (Å²) in [5.74, 6) is 0. The maximum Gasteiger partial charge on any atom is 0.492 e. The molecule has 0 aliphatic carbocycles. The van der Waals surface area contributed by atoms with Gasteiger partial charge >= 0.3 is 8.80 Å². The van der Waals surface area contributed by atoms with Crippen LogP contribution in [-0.2, 0) is 0 Å². The summed E-state index contributed by atoms with van der Waals surface area (Å²) in [5, 5.41) is 3.30. The highest BCUT2D eigenvalue weighted by atomic mass is 28.4. The van der Waals surface area contributed by atoms with Crippen LogP contribution in [-0.4, -0.2) is 36.3 Å². The second-order valence-corrected chi connectivity index (χ2v) is 9.98. The molecule has 0 heterocycles. The normalized spacial score (nSPS) is 12.0. The lowest BCUT2D eigenvalue weighted by Gasteiger charge is -2.09. The molecule has 0 radical (unpaired) electrons. The number of unbranched alkanes of at least 4 members (excludes halogenated alkanes) is 15. The average Bonchev–Trinajstić information content (AvgIpc) is 2.59. The van der Waals surface area contributed by atoms with Crippen molar-refractivity contribution in [1.29, 1.82) is 0 Å². The van der Waals surface area contributed by atoms with Crippen LogP contribution in [0.3, 0.4) is 0 Å². The third-order valence-corrected chi connectivity index (χ3v) is 6.10. The van der Waals surface area contributed by atoms with Gasteiger partial charge in [0.25, 0.3) is 0 Å². The van der Waals surface area contributed by atoms with E-state index in [0.717, 1.165) is 13.1 Å². The van der Waals surface area contributed by atoms with Gasteiger partial charge in [-0.3, -0.25) is 0 Å². The summed E-state index contributed by atoms with van der Waals surface area (Å²) >= 11 is 0. The third-order valence-electron chi connectivity index (χ3n) is 5.07. The molecule has 0 saturated heterocycles. The van der Waals surface area contributed by atoms with Crippen molar-refractivity contribution >= 4 is 8.80 Å². The Morgan fingerprint density at radius 3 is 1.23 bits per heavy atom. The topological polar surface area (TPSA) is 72.7 Å². The molecular formula is C21H47NO3Si. The van der Waals surface area contributed by atoms with Crippen molar-refractivity contribution in [3.63, 3.8) is 0 Å². The Balaban J connectivity index is 3.01. The van der Waals surface area contributed by atoms with Gasteiger partial charge in [0.1, 0.15) is 0 Å². The molecule has 0 saturated carbocycles. The van der Waals surface area contributed by atoms with Crippen LogP contribution < -0.4 is 5.32 Å². The molecule has 158 valence electrons. The highest BCUT2D eigenvalue weighted by Crippen LogP contribution is 2.13. The second kappa shape index (κ2) is 19.8. The van der Waals surface area contributed by atoms with Crippen LogP contribution in [0.25, 0.3) is 0 Å². The maximum atomic E-state index is 8.89. The summed E-state index contributed by atoms with van der Waals surface area (Å²) in [6.07, 6.45) is 22.9. The van der Waals surface area contributed by atoms with Gasteiger partial charge in [-0.1, -0.05) is 103 Å². The van der Waals surface area contributed by atoms with E-state index >= 15 is 0 Å². The Morgan fingerprint density at radius 2 is 0.846 bits per heavy atom. The molecule has 0 unspecified atom stereocenters. The van der Waals surface area contributed by atoms with Crippen LogP contribution in [0.15, 0.2) is 0 Å². The molecule has 0 rings (SSSR count). The second-order valence-electron chi connectivity index (χ2n) is 7.93. The minimum Gasteiger partial charge on any atom is -0.390 e. The minimum atomic E-state index is -3.81. The standard InChI is InChI=1S/C21H47NO3Si/c1-2-3-4-5-6-7-8-9-10-11-12-13-14-15-16-17-19-22-20-18-21-26(23,24)25/h22-25H,2-21H2,1H3. The Kier molecular flexibility index (Phi) is 19.9. The first-order valence-corrected chi connectivity index (χ1v) is 13.5. The fourth-order valence-electron chi connectivity index (χ4n) is 3.37. The van der Waals surface area contributed by atoms with Gasteiger partial charge in [0.05, 0.1) is 0 Å². The van der Waals surface area contributed by atoms with E-state index in [1.165, 1.54) is 103 Å². The fourth-order valence-corrected chi connectivity index (χ4v) is 4.02. The first-order valence-electron chi connectivity index (χ1n) is 11.4. The van der Waals surface area contributed by atoms with Gasteiger partial charge in [0.2, 0.25) is 0 Å². The predicted molar refractivity (Wildman–Crippen MR) is 114 cm³/mol. The van der Waals surface area contributed by atoms with Gasteiger partial charge in [-0.15, -0.1) is 0 Å². The summed E-state index contributed by atoms with van der Waals surface area (Å²) in [4.78, 5) is 26.7. The van der Waals surface area contributed by atoms with E-state index in [1.807, 2.05) is 0 Å². The molecule has 0 atom stereocenters. The maximum absolute atomic E-state index is 8.89. The lowest BCUT2D eigenvalue weighted by Crippen LogP contribution is -2.35. The van der Waals surface area contributed by atoms with Crippen molar-refractivity contribution in [2.45, 2.75) is 122 Å². The largest absolute Gasteiger partial charge is 0.492 e. The molecule has 5 heteroatoms. The Morgan fingerprint density at radius 1 is 0.500 bits per heavy atom. The van der Waals surface area contributed by atoms with Crippen LogP contribution in [0.2, 0.25) is 6.04 Å². The summed E-state index contributed by atoms with van der Waals surface area (Å²) in [7, 11) is -3.81. The molecule has 0 aliphatic heterocycles. The quantitative estimate of drug-likeness (QED) is 0.162. The van der Waals surface area contributed by atoms with E-state index in [4.69, 9.17) is 14.4 Å². The zero-order chi connectivity index (χ0) is 19.3. The van der Waals surface area contributed by atoms with E-state index in [9.17, 15) is 0 Å². The van der Waals surface area contributed by atoms with Crippen LogP contribution in [0.5, 0.6) is 0 Å². The molecule has 26 heavy (non-hydrogen) atoms. The van der Waals surface area contributed by atoms with Crippen LogP contribution in [0, 0.1) is 0 Å². The fraction of sp³-hybridized carbons (Fsp3) is 1.00. The van der Waals surface area contributed by atoms with Gasteiger partial charge in [0.15, 0.2) is 0 Å². The van der Waals surface area contributed by atoms with Crippen molar-refractivity contribution in [3.05, 3.63) is 0 Å². The van der Waals surface area contributed by atoms with E-state index < -0.39 is 8.80 Å². The van der Waals surface area contributed by atoms with Gasteiger partial charge in [-0.2, -0.15) is 0 Å². The zero-order valence-electron chi connectivity index (χ0n) is 17.5. The van der Waals surface area contributed by atoms with Crippen molar-refractivity contribution in [2.75, 3.05) is 13.1 Å². The molecule has 0 aliphatic rings. The molecule has 0 amide bonds. The zero-order valence-corrected chi connectivity index (χ0v) is 18.5. The summed E-state index contributed by atoms with van der Waals surface area (Å²) in [6, 6.07) is 0.138. The number of nitrogens with one attached hydrogen (secondary N) is 1. The lowest BCUT2D eigenvalue weighted by molar-refractivity contribution is 0.226. The predicted octanol–water partition coefficient (Wildman–Crippen LogP) is 5.14. The first kappa shape index (κ1) is 26.1. The van der Waals surface area contributed by atoms with Gasteiger partial charge in [0, 0.05) is 6.04 Å². The Labute approximate surface area is 164 Å². The van der Waals surface area contributed by atoms with Crippen molar-refractivity contribution in [2.24, 2.45) is 0 Å². The SMILES string of the molecule is CCCCCCCCCCCCCCCCCCNCCC[Si](O)(O)O.